The van der Waals surface area contributed by atoms with Crippen LogP contribution in [0.2, 0.25) is 0 Å². The summed E-state index contributed by atoms with van der Waals surface area (Å²) in [4.78, 5) is 42.7. The van der Waals surface area contributed by atoms with Crippen LogP contribution in [0, 0.1) is 17.0 Å². The third-order valence-corrected chi connectivity index (χ3v) is 7.11. The van der Waals surface area contributed by atoms with Gasteiger partial charge in [0.25, 0.3) is 11.6 Å². The van der Waals surface area contributed by atoms with Gasteiger partial charge in [-0.1, -0.05) is 56.2 Å². The maximum Gasteiger partial charge on any atom is 0.273 e. The Hall–Kier alpha value is -3.72. The summed E-state index contributed by atoms with van der Waals surface area (Å²) in [5.74, 6) is 0.761. The van der Waals surface area contributed by atoms with E-state index in [1.165, 1.54) is 6.07 Å². The van der Waals surface area contributed by atoms with Crippen LogP contribution in [0.25, 0.3) is 6.08 Å². The lowest BCUT2D eigenvalue weighted by Gasteiger charge is -2.35. The fourth-order valence-electron chi connectivity index (χ4n) is 4.67. The molecule has 39 heavy (non-hydrogen) atoms. The molecular weight excluding hydrogens is 496 g/mol. The van der Waals surface area contributed by atoms with E-state index in [1.54, 1.807) is 31.1 Å². The summed E-state index contributed by atoms with van der Waals surface area (Å²) < 4.78 is 5.42. The lowest BCUT2D eigenvalue weighted by Crippen LogP contribution is -2.50. The zero-order valence-electron chi connectivity index (χ0n) is 23.3. The largest absolute Gasteiger partial charge is 0.496 e. The third-order valence-electron chi connectivity index (χ3n) is 7.11. The van der Waals surface area contributed by atoms with Crippen LogP contribution in [0.5, 0.6) is 5.75 Å². The van der Waals surface area contributed by atoms with Gasteiger partial charge in [0.05, 0.1) is 12.0 Å². The van der Waals surface area contributed by atoms with Gasteiger partial charge in [-0.05, 0) is 25.5 Å². The number of carbonyl (C=O) groups is 2. The van der Waals surface area contributed by atoms with E-state index >= 15 is 0 Å². The highest BCUT2D eigenvalue weighted by Gasteiger charge is 2.24. The van der Waals surface area contributed by atoms with Gasteiger partial charge < -0.3 is 14.5 Å². The molecule has 3 rings (SSSR count). The fourth-order valence-corrected chi connectivity index (χ4v) is 4.67. The highest BCUT2D eigenvalue weighted by atomic mass is 16.6. The number of rotatable bonds is 13. The summed E-state index contributed by atoms with van der Waals surface area (Å²) in [6, 6.07) is 12.4. The van der Waals surface area contributed by atoms with E-state index < -0.39 is 4.92 Å². The Morgan fingerprint density at radius 3 is 2.54 bits per heavy atom. The van der Waals surface area contributed by atoms with Gasteiger partial charge in [0.2, 0.25) is 5.91 Å². The van der Waals surface area contributed by atoms with Gasteiger partial charge in [-0.15, -0.1) is 0 Å². The van der Waals surface area contributed by atoms with E-state index in [0.717, 1.165) is 37.1 Å². The number of ether oxygens (including phenoxy) is 1. The molecule has 0 N–H and O–H groups in total. The topological polar surface area (TPSA) is 96.2 Å². The minimum absolute atomic E-state index is 0.0389. The monoisotopic (exact) mass is 536 g/mol. The number of amides is 2. The summed E-state index contributed by atoms with van der Waals surface area (Å²) in [6.07, 6.45) is 7.54. The fraction of sp³-hybridized carbons (Fsp3) is 0.467. The van der Waals surface area contributed by atoms with E-state index in [4.69, 9.17) is 4.74 Å². The summed E-state index contributed by atoms with van der Waals surface area (Å²) in [5.41, 5.74) is 1.81. The predicted molar refractivity (Wildman–Crippen MR) is 153 cm³/mol. The van der Waals surface area contributed by atoms with Crippen LogP contribution < -0.4 is 4.74 Å². The Kier molecular flexibility index (Phi) is 11.5. The molecule has 0 aromatic heterocycles. The number of hydrogen-bond acceptors (Lipinski definition) is 6. The Morgan fingerprint density at radius 2 is 1.85 bits per heavy atom. The van der Waals surface area contributed by atoms with Crippen molar-refractivity contribution < 1.29 is 19.2 Å². The minimum Gasteiger partial charge on any atom is -0.496 e. The van der Waals surface area contributed by atoms with Crippen LogP contribution >= 0.6 is 0 Å². The molecule has 0 atom stereocenters. The third kappa shape index (κ3) is 8.64. The highest BCUT2D eigenvalue weighted by Crippen LogP contribution is 2.21. The molecule has 2 aromatic carbocycles. The number of aryl methyl sites for hydroxylation is 1. The number of para-hydroxylation sites is 1. The first-order chi connectivity index (χ1) is 18.8. The Morgan fingerprint density at radius 1 is 1.10 bits per heavy atom. The van der Waals surface area contributed by atoms with Crippen molar-refractivity contribution in [3.63, 3.8) is 0 Å². The molecule has 1 saturated heterocycles. The molecular formula is C30H40N4O5. The van der Waals surface area contributed by atoms with E-state index in [9.17, 15) is 19.7 Å². The second kappa shape index (κ2) is 15.0. The van der Waals surface area contributed by atoms with Crippen molar-refractivity contribution in [3.8, 4) is 5.75 Å². The van der Waals surface area contributed by atoms with Crippen LogP contribution in [0.1, 0.15) is 54.1 Å². The maximum absolute atomic E-state index is 13.0. The Bertz CT molecular complexity index is 1160. The highest BCUT2D eigenvalue weighted by molar-refractivity contribution is 5.95. The minimum atomic E-state index is -0.453. The number of hydrogen-bond donors (Lipinski definition) is 0. The van der Waals surface area contributed by atoms with Crippen molar-refractivity contribution >= 4 is 23.6 Å². The first-order valence-corrected chi connectivity index (χ1v) is 13.7. The van der Waals surface area contributed by atoms with Crippen molar-refractivity contribution in [2.75, 3.05) is 52.9 Å². The number of carbonyl (C=O) groups excluding carboxylic acids is 2. The lowest BCUT2D eigenvalue weighted by atomic mass is 10.1. The van der Waals surface area contributed by atoms with Crippen LogP contribution in [0.15, 0.2) is 48.5 Å². The average molecular weight is 537 g/mol. The molecule has 9 heteroatoms. The van der Waals surface area contributed by atoms with Crippen molar-refractivity contribution in [1.29, 1.82) is 0 Å². The molecule has 0 radical (unpaired) electrons. The average Bonchev–Trinajstić information content (AvgIpc) is 2.95. The van der Waals surface area contributed by atoms with Crippen molar-refractivity contribution in [3.05, 3.63) is 75.3 Å². The first-order valence-electron chi connectivity index (χ1n) is 13.7. The molecule has 0 bridgehead atoms. The normalized spacial score (nSPS) is 14.0. The van der Waals surface area contributed by atoms with Crippen molar-refractivity contribution in [2.24, 2.45) is 0 Å². The van der Waals surface area contributed by atoms with Crippen LogP contribution in [-0.2, 0) is 4.79 Å². The van der Waals surface area contributed by atoms with Gasteiger partial charge in [0.1, 0.15) is 5.75 Å². The standard InChI is InChI=1S/C30H40N4O5/c1-4-5-6-13-29(35)32(16-9-11-25-10-7-8-12-28(25)39-3)20-17-31-18-21-33(22-19-31)30(36)26-15-14-24(2)27(23-26)34(37)38/h7-12,14-15,23H,4-6,13,16-22H2,1-3H3/b11-9+. The van der Waals surface area contributed by atoms with Gasteiger partial charge in [-0.2, -0.15) is 0 Å². The van der Waals surface area contributed by atoms with E-state index in [2.05, 4.69) is 11.8 Å². The predicted octanol–water partition coefficient (Wildman–Crippen LogP) is 4.79. The second-order valence-electron chi connectivity index (χ2n) is 9.83. The van der Waals surface area contributed by atoms with Crippen molar-refractivity contribution in [2.45, 2.75) is 39.5 Å². The lowest BCUT2D eigenvalue weighted by molar-refractivity contribution is -0.385. The molecule has 1 heterocycles. The number of piperazine rings is 1. The Labute approximate surface area is 231 Å². The molecule has 9 nitrogen and oxygen atoms in total. The summed E-state index contributed by atoms with van der Waals surface area (Å²) in [7, 11) is 1.65. The summed E-state index contributed by atoms with van der Waals surface area (Å²) >= 11 is 0. The molecule has 210 valence electrons. The zero-order valence-corrected chi connectivity index (χ0v) is 23.3. The van der Waals surface area contributed by atoms with E-state index in [0.29, 0.717) is 56.8 Å². The van der Waals surface area contributed by atoms with Gasteiger partial charge in [0, 0.05) is 75.0 Å². The van der Waals surface area contributed by atoms with E-state index in [1.807, 2.05) is 41.3 Å². The molecule has 0 aliphatic carbocycles. The van der Waals surface area contributed by atoms with Crippen LogP contribution in [0.4, 0.5) is 5.69 Å². The zero-order chi connectivity index (χ0) is 28.2. The van der Waals surface area contributed by atoms with Gasteiger partial charge >= 0.3 is 0 Å². The number of nitro groups is 1. The van der Waals surface area contributed by atoms with Gasteiger partial charge in [-0.25, -0.2) is 0 Å². The van der Waals surface area contributed by atoms with Gasteiger partial charge in [0.15, 0.2) is 0 Å². The van der Waals surface area contributed by atoms with E-state index in [-0.39, 0.29) is 17.5 Å². The summed E-state index contributed by atoms with van der Waals surface area (Å²) in [6.45, 7) is 8.10. The van der Waals surface area contributed by atoms with Crippen LogP contribution in [0.3, 0.4) is 0 Å². The van der Waals surface area contributed by atoms with Crippen LogP contribution in [-0.4, -0.2) is 84.4 Å². The SMILES string of the molecule is CCCCCC(=O)N(C/C=C/c1ccccc1OC)CCN1CCN(C(=O)c2ccc(C)c([N+](=O)[O-])c2)CC1. The molecule has 0 spiro atoms. The number of methoxy groups -OCH3 is 1. The molecule has 0 saturated carbocycles. The number of nitrogens with zero attached hydrogens (tertiary/aromatic N) is 4. The number of benzene rings is 2. The maximum atomic E-state index is 13.0. The molecule has 1 fully saturated rings. The summed E-state index contributed by atoms with van der Waals surface area (Å²) in [5, 5.41) is 11.3. The van der Waals surface area contributed by atoms with Crippen molar-refractivity contribution in [1.82, 2.24) is 14.7 Å². The number of unbranched alkanes of at least 4 members (excludes halogenated alkanes) is 2. The molecule has 1 aliphatic rings. The number of nitro benzene ring substituents is 1. The second-order valence-corrected chi connectivity index (χ2v) is 9.83. The van der Waals surface area contributed by atoms with Gasteiger partial charge in [-0.3, -0.25) is 24.6 Å². The molecule has 2 amide bonds. The Balaban J connectivity index is 1.56. The molecule has 0 unspecified atom stereocenters. The first kappa shape index (κ1) is 29.8. The smallest absolute Gasteiger partial charge is 0.273 e. The quantitative estimate of drug-likeness (QED) is 0.207. The molecule has 2 aromatic rings. The molecule has 1 aliphatic heterocycles.